The molecule has 3 N–H and O–H groups in total. The van der Waals surface area contributed by atoms with E-state index in [9.17, 15) is 19.4 Å². The SMILES string of the molecule is CCCCCCCCCCCCCCCCC/C=C/[C@@H](O)[C@H](COP(=O)(O)OCC[N+](C)(C)C)NC(=O)CCCCCCCCCCCCCCCCCCCCCCCCCCCCC. The van der Waals surface area contributed by atoms with Gasteiger partial charge in [-0.2, -0.15) is 0 Å². The maximum Gasteiger partial charge on any atom is 0.472 e. The fraction of sp³-hybridized carbons (Fsp3) is 0.947. The number of unbranched alkanes of at least 4 members (excludes halogenated alkanes) is 41. The molecule has 66 heavy (non-hydrogen) atoms. The number of carbonyl (C=O) groups excluding carboxylic acids is 1. The number of amides is 1. The van der Waals surface area contributed by atoms with E-state index >= 15 is 0 Å². The molecular weight excluding hydrogens is 840 g/mol. The van der Waals surface area contributed by atoms with Crippen molar-refractivity contribution < 1.29 is 32.9 Å². The first kappa shape index (κ1) is 65.2. The van der Waals surface area contributed by atoms with Crippen molar-refractivity contribution in [2.24, 2.45) is 0 Å². The zero-order chi connectivity index (χ0) is 48.5. The molecule has 0 fully saturated rings. The number of phosphoric acid groups is 1. The topological polar surface area (TPSA) is 105 Å². The Bertz CT molecular complexity index is 1080. The van der Waals surface area contributed by atoms with Gasteiger partial charge < -0.3 is 19.8 Å². The lowest BCUT2D eigenvalue weighted by Crippen LogP contribution is -2.45. The van der Waals surface area contributed by atoms with Gasteiger partial charge in [-0.25, -0.2) is 4.57 Å². The van der Waals surface area contributed by atoms with Crippen LogP contribution >= 0.6 is 7.82 Å². The van der Waals surface area contributed by atoms with Crippen molar-refractivity contribution in [3.8, 4) is 0 Å². The maximum absolute atomic E-state index is 13.0. The first-order chi connectivity index (χ1) is 32.0. The van der Waals surface area contributed by atoms with Gasteiger partial charge >= 0.3 is 7.82 Å². The standard InChI is InChI=1S/C57H115N2O6P/c1-6-8-10-12-14-16-18-20-22-24-25-26-27-28-29-30-31-32-33-35-37-39-41-43-45-47-49-51-57(61)58-55(54-65-66(62,63)64-53-52-59(3,4)5)56(60)50-48-46-44-42-40-38-36-34-23-21-19-17-15-13-11-9-7-2/h48,50,55-56,60H,6-47,49,51-54H2,1-5H3,(H-,58,61,62,63)/p+1/b50-48+/t55-,56+/m0/s1. The molecule has 0 bridgehead atoms. The molecule has 0 radical (unpaired) electrons. The van der Waals surface area contributed by atoms with Crippen LogP contribution < -0.4 is 5.32 Å². The highest BCUT2D eigenvalue weighted by Crippen LogP contribution is 2.43. The minimum Gasteiger partial charge on any atom is -0.387 e. The monoisotopic (exact) mass is 956 g/mol. The second-order valence-electron chi connectivity index (χ2n) is 21.4. The van der Waals surface area contributed by atoms with Crippen molar-refractivity contribution in [3.05, 3.63) is 12.2 Å². The van der Waals surface area contributed by atoms with E-state index in [1.165, 1.54) is 244 Å². The summed E-state index contributed by atoms with van der Waals surface area (Å²) in [6.45, 7) is 4.87. The van der Waals surface area contributed by atoms with Crippen LogP contribution in [0.5, 0.6) is 0 Å². The van der Waals surface area contributed by atoms with Gasteiger partial charge in [0.15, 0.2) is 0 Å². The third-order valence-corrected chi connectivity index (χ3v) is 14.5. The van der Waals surface area contributed by atoms with Crippen LogP contribution in [0.4, 0.5) is 0 Å². The van der Waals surface area contributed by atoms with Gasteiger partial charge in [-0.1, -0.05) is 283 Å². The van der Waals surface area contributed by atoms with Crippen LogP contribution in [-0.2, 0) is 18.4 Å². The van der Waals surface area contributed by atoms with Gasteiger partial charge in [-0.15, -0.1) is 0 Å². The third kappa shape index (κ3) is 51.1. The van der Waals surface area contributed by atoms with Crippen molar-refractivity contribution in [2.45, 2.75) is 309 Å². The van der Waals surface area contributed by atoms with Crippen molar-refractivity contribution >= 4 is 13.7 Å². The van der Waals surface area contributed by atoms with Gasteiger partial charge in [0.1, 0.15) is 13.2 Å². The van der Waals surface area contributed by atoms with Crippen LogP contribution in [0.2, 0.25) is 0 Å². The molecule has 1 unspecified atom stereocenters. The number of rotatable bonds is 54. The fourth-order valence-corrected chi connectivity index (χ4v) is 9.66. The average molecular weight is 957 g/mol. The van der Waals surface area contributed by atoms with Crippen molar-refractivity contribution in [1.82, 2.24) is 5.32 Å². The molecule has 1 amide bonds. The maximum atomic E-state index is 13.0. The van der Waals surface area contributed by atoms with Gasteiger partial charge in [-0.3, -0.25) is 13.8 Å². The van der Waals surface area contributed by atoms with Gasteiger partial charge in [0.2, 0.25) is 5.91 Å². The number of quaternary nitrogens is 1. The molecule has 394 valence electrons. The number of aliphatic hydroxyl groups excluding tert-OH is 1. The Morgan fingerprint density at radius 1 is 0.500 bits per heavy atom. The Balaban J connectivity index is 4.11. The number of likely N-dealkylation sites (N-methyl/N-ethyl adjacent to an activating group) is 1. The van der Waals surface area contributed by atoms with E-state index in [0.29, 0.717) is 17.4 Å². The molecule has 0 aromatic rings. The predicted octanol–water partition coefficient (Wildman–Crippen LogP) is 17.4. The van der Waals surface area contributed by atoms with Crippen LogP contribution in [0.15, 0.2) is 12.2 Å². The second kappa shape index (κ2) is 49.2. The van der Waals surface area contributed by atoms with E-state index in [2.05, 4.69) is 19.2 Å². The van der Waals surface area contributed by atoms with Crippen LogP contribution in [0, 0.1) is 0 Å². The molecule has 0 rings (SSSR count). The van der Waals surface area contributed by atoms with Crippen LogP contribution in [-0.4, -0.2) is 73.4 Å². The molecule has 3 atom stereocenters. The summed E-state index contributed by atoms with van der Waals surface area (Å²) in [5.41, 5.74) is 0. The summed E-state index contributed by atoms with van der Waals surface area (Å²) in [7, 11) is 1.59. The molecule has 0 saturated heterocycles. The number of phosphoric ester groups is 1. The molecule has 0 aliphatic carbocycles. The number of nitrogens with one attached hydrogen (secondary N) is 1. The second-order valence-corrected chi connectivity index (χ2v) is 22.8. The number of hydrogen-bond acceptors (Lipinski definition) is 5. The summed E-state index contributed by atoms with van der Waals surface area (Å²) in [5.74, 6) is -0.170. The lowest BCUT2D eigenvalue weighted by atomic mass is 10.0. The third-order valence-electron chi connectivity index (χ3n) is 13.5. The first-order valence-corrected chi connectivity index (χ1v) is 30.6. The van der Waals surface area contributed by atoms with Gasteiger partial charge in [0.05, 0.1) is 39.9 Å². The predicted molar refractivity (Wildman–Crippen MR) is 286 cm³/mol. The summed E-state index contributed by atoms with van der Waals surface area (Å²) >= 11 is 0. The molecule has 8 nitrogen and oxygen atoms in total. The molecule has 0 saturated carbocycles. The molecule has 0 aliphatic rings. The highest BCUT2D eigenvalue weighted by Gasteiger charge is 2.27. The summed E-state index contributed by atoms with van der Waals surface area (Å²) in [4.78, 5) is 23.3. The summed E-state index contributed by atoms with van der Waals surface area (Å²) in [6, 6.07) is -0.841. The Kier molecular flexibility index (Phi) is 48.7. The number of nitrogens with zero attached hydrogens (tertiary/aromatic N) is 1. The van der Waals surface area contributed by atoms with E-state index < -0.39 is 20.0 Å². The Hall–Kier alpha value is -0.760. The van der Waals surface area contributed by atoms with Crippen LogP contribution in [0.1, 0.15) is 296 Å². The first-order valence-electron chi connectivity index (χ1n) is 29.1. The number of carbonyl (C=O) groups is 1. The van der Waals surface area contributed by atoms with E-state index in [0.717, 1.165) is 32.1 Å². The van der Waals surface area contributed by atoms with Crippen molar-refractivity contribution in [2.75, 3.05) is 40.9 Å². The highest BCUT2D eigenvalue weighted by molar-refractivity contribution is 7.47. The van der Waals surface area contributed by atoms with Gasteiger partial charge in [0, 0.05) is 6.42 Å². The van der Waals surface area contributed by atoms with Gasteiger partial charge in [0.25, 0.3) is 0 Å². The molecule has 0 spiro atoms. The molecule has 0 aromatic heterocycles. The Morgan fingerprint density at radius 3 is 1.12 bits per heavy atom. The highest BCUT2D eigenvalue weighted by atomic mass is 31.2. The Morgan fingerprint density at radius 2 is 0.803 bits per heavy atom. The fourth-order valence-electron chi connectivity index (χ4n) is 8.93. The number of aliphatic hydroxyl groups is 1. The van der Waals surface area contributed by atoms with E-state index in [1.807, 2.05) is 27.2 Å². The quantitative estimate of drug-likeness (QED) is 0.0243. The molecular formula is C57H116N2O6P+. The molecule has 0 aliphatic heterocycles. The summed E-state index contributed by atoms with van der Waals surface area (Å²) in [5, 5.41) is 13.9. The zero-order valence-electron chi connectivity index (χ0n) is 45.0. The molecule has 0 aromatic carbocycles. The minimum absolute atomic E-state index is 0.0651. The summed E-state index contributed by atoms with van der Waals surface area (Å²) in [6.07, 6.45) is 60.3. The van der Waals surface area contributed by atoms with Crippen LogP contribution in [0.3, 0.4) is 0 Å². The largest absolute Gasteiger partial charge is 0.472 e. The number of allylic oxidation sites excluding steroid dienone is 1. The number of hydrogen-bond donors (Lipinski definition) is 3. The normalized spacial score (nSPS) is 14.0. The van der Waals surface area contributed by atoms with E-state index in [1.54, 1.807) is 6.08 Å². The lowest BCUT2D eigenvalue weighted by Gasteiger charge is -2.25. The Labute approximate surface area is 412 Å². The van der Waals surface area contributed by atoms with Gasteiger partial charge in [-0.05, 0) is 19.3 Å². The van der Waals surface area contributed by atoms with Crippen LogP contribution in [0.25, 0.3) is 0 Å². The lowest BCUT2D eigenvalue weighted by molar-refractivity contribution is -0.870. The summed E-state index contributed by atoms with van der Waals surface area (Å²) < 4.78 is 23.7. The average Bonchev–Trinajstić information content (AvgIpc) is 3.28. The molecule has 9 heteroatoms. The van der Waals surface area contributed by atoms with E-state index in [-0.39, 0.29) is 19.1 Å². The minimum atomic E-state index is -4.34. The zero-order valence-corrected chi connectivity index (χ0v) is 45.9. The van der Waals surface area contributed by atoms with Crippen molar-refractivity contribution in [3.63, 3.8) is 0 Å². The van der Waals surface area contributed by atoms with E-state index in [4.69, 9.17) is 9.05 Å². The molecule has 0 heterocycles. The van der Waals surface area contributed by atoms with Crippen molar-refractivity contribution in [1.29, 1.82) is 0 Å². The smallest absolute Gasteiger partial charge is 0.387 e.